The molecule has 0 radical (unpaired) electrons. The molecule has 36 heavy (non-hydrogen) atoms. The molecule has 2 N–H and O–H groups in total. The minimum Gasteiger partial charge on any atom is -0.480 e. The maximum atomic E-state index is 13.5. The second-order valence-corrected chi connectivity index (χ2v) is 12.1. The molecular weight excluding hydrogens is 470 g/mol. The summed E-state index contributed by atoms with van der Waals surface area (Å²) in [5.41, 5.74) is 4.35. The Morgan fingerprint density at radius 3 is 2.31 bits per heavy atom. The zero-order valence-corrected chi connectivity index (χ0v) is 23.2. The van der Waals surface area contributed by atoms with E-state index < -0.39 is 10.7 Å². The fourth-order valence-electron chi connectivity index (χ4n) is 4.57. The van der Waals surface area contributed by atoms with Crippen molar-refractivity contribution < 1.29 is 14.7 Å². The highest BCUT2D eigenvalue weighted by molar-refractivity contribution is 8.01. The summed E-state index contributed by atoms with van der Waals surface area (Å²) in [5.74, 6) is -0.824. The molecule has 0 heterocycles. The molecule has 0 aromatic heterocycles. The van der Waals surface area contributed by atoms with Crippen molar-refractivity contribution >= 4 is 35.1 Å². The van der Waals surface area contributed by atoms with Crippen molar-refractivity contribution in [3.05, 3.63) is 53.6 Å². The summed E-state index contributed by atoms with van der Waals surface area (Å²) in [5, 5.41) is 12.6. The quantitative estimate of drug-likeness (QED) is 0.246. The van der Waals surface area contributed by atoms with Crippen LogP contribution in [0.2, 0.25) is 0 Å². The average Bonchev–Trinajstić information content (AvgIpc) is 3.24. The summed E-state index contributed by atoms with van der Waals surface area (Å²) in [6, 6.07) is 14.2. The van der Waals surface area contributed by atoms with Crippen LogP contribution < -0.4 is 10.2 Å². The number of carbonyl (C=O) groups is 2. The van der Waals surface area contributed by atoms with Crippen molar-refractivity contribution in [2.45, 2.75) is 81.4 Å². The first-order valence-corrected chi connectivity index (χ1v) is 13.8. The lowest BCUT2D eigenvalue weighted by atomic mass is 10.1. The van der Waals surface area contributed by atoms with Gasteiger partial charge < -0.3 is 20.2 Å². The summed E-state index contributed by atoms with van der Waals surface area (Å²) in [7, 11) is 4.00. The Kier molecular flexibility index (Phi) is 9.71. The zero-order chi connectivity index (χ0) is 26.3. The van der Waals surface area contributed by atoms with Crippen molar-refractivity contribution in [3.8, 4) is 0 Å². The molecule has 2 aromatic carbocycles. The number of urea groups is 1. The number of carboxylic acid groups (broad SMARTS) is 1. The topological polar surface area (TPSA) is 72.9 Å². The van der Waals surface area contributed by atoms with E-state index in [2.05, 4.69) is 24.4 Å². The lowest BCUT2D eigenvalue weighted by molar-refractivity contribution is -0.138. The number of aliphatic carboxylic acids is 1. The van der Waals surface area contributed by atoms with E-state index in [1.165, 1.54) is 42.2 Å². The third kappa shape index (κ3) is 7.42. The standard InChI is InChI=1S/C29H41N3O3S/c1-6-7-8-9-10-17-32(28(35)30-23-12-14-24(15-13-23)31(4)5)25-18-21-11-16-26(20-22(21)19-25)36-29(2,3)27(33)34/h11-16,20,25H,6-10,17-19H2,1-5H3,(H,30,35)(H,33,34). The predicted molar refractivity (Wildman–Crippen MR) is 150 cm³/mol. The van der Waals surface area contributed by atoms with E-state index >= 15 is 0 Å². The molecule has 7 heteroatoms. The molecule has 1 aliphatic carbocycles. The lowest BCUT2D eigenvalue weighted by Crippen LogP contribution is -2.44. The summed E-state index contributed by atoms with van der Waals surface area (Å²) in [6.07, 6.45) is 7.36. The summed E-state index contributed by atoms with van der Waals surface area (Å²) in [6.45, 7) is 6.40. The third-order valence-corrected chi connectivity index (χ3v) is 7.99. The van der Waals surface area contributed by atoms with Gasteiger partial charge in [-0.3, -0.25) is 4.79 Å². The Morgan fingerprint density at radius 1 is 1.00 bits per heavy atom. The molecule has 0 aliphatic heterocycles. The number of thioether (sulfide) groups is 1. The van der Waals surface area contributed by atoms with Crippen LogP contribution in [0.1, 0.15) is 64.0 Å². The fourth-order valence-corrected chi connectivity index (χ4v) is 5.58. The molecular formula is C29H41N3O3S. The van der Waals surface area contributed by atoms with Gasteiger partial charge in [-0.25, -0.2) is 4.79 Å². The number of fused-ring (bicyclic) bond motifs is 1. The van der Waals surface area contributed by atoms with Gasteiger partial charge in [-0.2, -0.15) is 0 Å². The molecule has 6 nitrogen and oxygen atoms in total. The number of unbranched alkanes of at least 4 members (excludes halogenated alkanes) is 4. The van der Waals surface area contributed by atoms with Gasteiger partial charge in [-0.15, -0.1) is 11.8 Å². The first-order valence-electron chi connectivity index (χ1n) is 13.0. The second-order valence-electron chi connectivity index (χ2n) is 10.4. The number of nitrogens with one attached hydrogen (secondary N) is 1. The monoisotopic (exact) mass is 511 g/mol. The van der Waals surface area contributed by atoms with Crippen molar-refractivity contribution in [2.75, 3.05) is 30.9 Å². The zero-order valence-electron chi connectivity index (χ0n) is 22.3. The maximum absolute atomic E-state index is 13.5. The van der Waals surface area contributed by atoms with Gasteiger partial charge in [0.2, 0.25) is 0 Å². The van der Waals surface area contributed by atoms with E-state index in [-0.39, 0.29) is 12.1 Å². The van der Waals surface area contributed by atoms with Crippen LogP contribution >= 0.6 is 11.8 Å². The number of carboxylic acids is 1. The fraction of sp³-hybridized carbons (Fsp3) is 0.517. The number of carbonyl (C=O) groups excluding carboxylic acids is 1. The first kappa shape index (κ1) is 27.9. The molecule has 2 amide bonds. The molecule has 0 saturated carbocycles. The van der Waals surface area contributed by atoms with Crippen LogP contribution in [0.4, 0.5) is 16.2 Å². The number of benzene rings is 2. The average molecular weight is 512 g/mol. The molecule has 2 aromatic rings. The SMILES string of the molecule is CCCCCCCN(C(=O)Nc1ccc(N(C)C)cc1)C1Cc2ccc(SC(C)(C)C(=O)O)cc2C1. The normalized spacial score (nSPS) is 14.9. The van der Waals surface area contributed by atoms with Crippen LogP contribution in [-0.4, -0.2) is 53.4 Å². The van der Waals surface area contributed by atoms with Gasteiger partial charge in [0.05, 0.1) is 0 Å². The molecule has 196 valence electrons. The molecule has 0 bridgehead atoms. The van der Waals surface area contributed by atoms with Crippen LogP contribution in [0.25, 0.3) is 0 Å². The Labute approximate surface area is 220 Å². The number of rotatable bonds is 12. The van der Waals surface area contributed by atoms with Crippen molar-refractivity contribution in [2.24, 2.45) is 0 Å². The van der Waals surface area contributed by atoms with Crippen molar-refractivity contribution in [3.63, 3.8) is 0 Å². The van der Waals surface area contributed by atoms with Crippen LogP contribution in [0.3, 0.4) is 0 Å². The first-order chi connectivity index (χ1) is 17.1. The van der Waals surface area contributed by atoms with E-state index in [4.69, 9.17) is 0 Å². The van der Waals surface area contributed by atoms with Gasteiger partial charge in [0, 0.05) is 43.0 Å². The highest BCUT2D eigenvalue weighted by Gasteiger charge is 2.32. The van der Waals surface area contributed by atoms with Crippen LogP contribution in [0, 0.1) is 0 Å². The highest BCUT2D eigenvalue weighted by atomic mass is 32.2. The summed E-state index contributed by atoms with van der Waals surface area (Å²) < 4.78 is -0.890. The van der Waals surface area contributed by atoms with Crippen LogP contribution in [-0.2, 0) is 17.6 Å². The minimum absolute atomic E-state index is 0.0532. The second kappa shape index (κ2) is 12.5. The van der Waals surface area contributed by atoms with Gasteiger partial charge in [0.15, 0.2) is 0 Å². The number of nitrogens with zero attached hydrogens (tertiary/aromatic N) is 2. The van der Waals surface area contributed by atoms with Crippen LogP contribution in [0.5, 0.6) is 0 Å². The Balaban J connectivity index is 1.72. The van der Waals surface area contributed by atoms with Crippen molar-refractivity contribution in [1.29, 1.82) is 0 Å². The van der Waals surface area contributed by atoms with Gasteiger partial charge in [-0.05, 0) is 80.6 Å². The van der Waals surface area contributed by atoms with Crippen LogP contribution in [0.15, 0.2) is 47.4 Å². The molecule has 0 spiro atoms. The van der Waals surface area contributed by atoms with E-state index in [9.17, 15) is 14.7 Å². The third-order valence-electron chi connectivity index (χ3n) is 6.82. The Morgan fingerprint density at radius 2 is 1.67 bits per heavy atom. The minimum atomic E-state index is -0.890. The molecule has 0 fully saturated rings. The summed E-state index contributed by atoms with van der Waals surface area (Å²) in [4.78, 5) is 30.0. The van der Waals surface area contributed by atoms with Gasteiger partial charge in [0.25, 0.3) is 0 Å². The van der Waals surface area contributed by atoms with Gasteiger partial charge in [-0.1, -0.05) is 38.7 Å². The van der Waals surface area contributed by atoms with E-state index in [0.29, 0.717) is 0 Å². The maximum Gasteiger partial charge on any atom is 0.322 e. The molecule has 0 saturated heterocycles. The number of hydrogen-bond acceptors (Lipinski definition) is 4. The number of amides is 2. The highest BCUT2D eigenvalue weighted by Crippen LogP contribution is 2.36. The van der Waals surface area contributed by atoms with Crippen molar-refractivity contribution in [1.82, 2.24) is 4.90 Å². The van der Waals surface area contributed by atoms with Gasteiger partial charge >= 0.3 is 12.0 Å². The van der Waals surface area contributed by atoms with E-state index in [1.807, 2.05) is 54.2 Å². The number of anilines is 2. The molecule has 1 atom stereocenters. The smallest absolute Gasteiger partial charge is 0.322 e. The Bertz CT molecular complexity index is 1040. The largest absolute Gasteiger partial charge is 0.480 e. The Hall–Kier alpha value is -2.67. The van der Waals surface area contributed by atoms with Gasteiger partial charge in [0.1, 0.15) is 4.75 Å². The summed E-state index contributed by atoms with van der Waals surface area (Å²) >= 11 is 1.37. The predicted octanol–water partition coefficient (Wildman–Crippen LogP) is 6.68. The van der Waals surface area contributed by atoms with E-state index in [0.717, 1.165) is 48.5 Å². The van der Waals surface area contributed by atoms with E-state index in [1.54, 1.807) is 13.8 Å². The molecule has 3 rings (SSSR count). The lowest BCUT2D eigenvalue weighted by Gasteiger charge is -2.29. The number of hydrogen-bond donors (Lipinski definition) is 2. The molecule has 1 unspecified atom stereocenters. The molecule has 1 aliphatic rings.